The van der Waals surface area contributed by atoms with Crippen LogP contribution in [0.1, 0.15) is 49.2 Å². The van der Waals surface area contributed by atoms with E-state index >= 15 is 0 Å². The van der Waals surface area contributed by atoms with Crippen molar-refractivity contribution in [1.82, 2.24) is 19.7 Å². The largest absolute Gasteiger partial charge is 0.444 e. The minimum absolute atomic E-state index is 0.0142. The molecule has 2 aromatic carbocycles. The van der Waals surface area contributed by atoms with Crippen molar-refractivity contribution in [2.24, 2.45) is 0 Å². The number of urea groups is 1. The molecule has 200 valence electrons. The van der Waals surface area contributed by atoms with Crippen molar-refractivity contribution in [3.63, 3.8) is 0 Å². The van der Waals surface area contributed by atoms with Crippen LogP contribution in [0.4, 0.5) is 22.8 Å². The van der Waals surface area contributed by atoms with Crippen LogP contribution in [0.25, 0.3) is 10.8 Å². The number of benzene rings is 2. The van der Waals surface area contributed by atoms with Gasteiger partial charge in [-0.1, -0.05) is 6.07 Å². The van der Waals surface area contributed by atoms with Crippen molar-refractivity contribution < 1.29 is 27.5 Å². The van der Waals surface area contributed by atoms with Gasteiger partial charge in [0.25, 0.3) is 5.56 Å². The van der Waals surface area contributed by atoms with E-state index in [1.807, 2.05) is 0 Å². The fourth-order valence-electron chi connectivity index (χ4n) is 5.09. The first kappa shape index (κ1) is 25.6. The molecule has 3 amide bonds. The van der Waals surface area contributed by atoms with Gasteiger partial charge >= 0.3 is 12.1 Å². The molecule has 0 saturated heterocycles. The zero-order chi connectivity index (χ0) is 27.5. The molecule has 0 saturated carbocycles. The van der Waals surface area contributed by atoms with Crippen molar-refractivity contribution in [2.75, 3.05) is 13.6 Å². The summed E-state index contributed by atoms with van der Waals surface area (Å²) in [6.07, 6.45) is -0.649. The van der Waals surface area contributed by atoms with Crippen LogP contribution < -0.4 is 5.56 Å². The first-order valence-electron chi connectivity index (χ1n) is 12.1. The van der Waals surface area contributed by atoms with Crippen LogP contribution in [0, 0.1) is 17.5 Å². The molecular formula is C27H27F3N4O4. The molecule has 11 heteroatoms. The Morgan fingerprint density at radius 2 is 1.63 bits per heavy atom. The Balaban J connectivity index is 1.57. The van der Waals surface area contributed by atoms with Gasteiger partial charge in [0.15, 0.2) is 11.6 Å². The van der Waals surface area contributed by atoms with Gasteiger partial charge in [0, 0.05) is 37.9 Å². The van der Waals surface area contributed by atoms with Crippen molar-refractivity contribution in [2.45, 2.75) is 52.0 Å². The van der Waals surface area contributed by atoms with E-state index in [1.54, 1.807) is 26.8 Å². The summed E-state index contributed by atoms with van der Waals surface area (Å²) in [5, 5.41) is 0.0891. The molecule has 1 N–H and O–H groups in total. The van der Waals surface area contributed by atoms with Gasteiger partial charge in [-0.05, 0) is 61.5 Å². The summed E-state index contributed by atoms with van der Waals surface area (Å²) in [7, 11) is 1.54. The topological polar surface area (TPSA) is 85.9 Å². The number of fused-ring (bicyclic) bond motifs is 4. The molecule has 1 atom stereocenters. The van der Waals surface area contributed by atoms with E-state index in [4.69, 9.17) is 4.74 Å². The summed E-state index contributed by atoms with van der Waals surface area (Å²) in [6.45, 7) is 5.54. The van der Waals surface area contributed by atoms with Gasteiger partial charge in [0.1, 0.15) is 11.4 Å². The number of nitrogens with one attached hydrogen (secondary N) is 1. The summed E-state index contributed by atoms with van der Waals surface area (Å²) in [6, 6.07) is 4.89. The van der Waals surface area contributed by atoms with Gasteiger partial charge in [0.2, 0.25) is 0 Å². The van der Waals surface area contributed by atoms with Crippen LogP contribution in [-0.4, -0.2) is 51.0 Å². The second kappa shape index (κ2) is 9.07. The van der Waals surface area contributed by atoms with Crippen molar-refractivity contribution in [3.05, 3.63) is 80.5 Å². The lowest BCUT2D eigenvalue weighted by Gasteiger charge is -2.40. The van der Waals surface area contributed by atoms with Gasteiger partial charge in [-0.3, -0.25) is 9.69 Å². The second-order valence-corrected chi connectivity index (χ2v) is 10.7. The predicted molar refractivity (Wildman–Crippen MR) is 133 cm³/mol. The van der Waals surface area contributed by atoms with Crippen LogP contribution in [-0.2, 0) is 24.4 Å². The summed E-state index contributed by atoms with van der Waals surface area (Å²) in [5.74, 6) is -2.70. The highest BCUT2D eigenvalue weighted by molar-refractivity contribution is 5.87. The van der Waals surface area contributed by atoms with Crippen LogP contribution in [0.2, 0.25) is 0 Å². The third-order valence-corrected chi connectivity index (χ3v) is 6.84. The maximum Gasteiger partial charge on any atom is 0.410 e. The van der Waals surface area contributed by atoms with Gasteiger partial charge in [-0.2, -0.15) is 0 Å². The van der Waals surface area contributed by atoms with Gasteiger partial charge in [-0.25, -0.2) is 22.8 Å². The number of hydrogen-bond acceptors (Lipinski definition) is 4. The standard InChI is InChI=1S/C27H27F3N4O4/c1-27(2,3)38-26(37)34-12-21-23(17-8-19(29)20(30)9-18(17)24(35)31-21)22(13-34)32(4)25(36)33-10-14-5-6-16(28)7-15(14)11-33/h5-9,22H,10-13H2,1-4H3,(H,31,35). The Morgan fingerprint density at radius 3 is 2.32 bits per heavy atom. The highest BCUT2D eigenvalue weighted by Crippen LogP contribution is 2.36. The lowest BCUT2D eigenvalue weighted by Crippen LogP contribution is -2.49. The van der Waals surface area contributed by atoms with E-state index in [9.17, 15) is 27.6 Å². The van der Waals surface area contributed by atoms with E-state index in [-0.39, 0.29) is 37.0 Å². The fraction of sp³-hybridized carbons (Fsp3) is 0.370. The predicted octanol–water partition coefficient (Wildman–Crippen LogP) is 4.80. The van der Waals surface area contributed by atoms with Crippen molar-refractivity contribution in [3.8, 4) is 0 Å². The molecule has 1 aromatic heterocycles. The van der Waals surface area contributed by atoms with E-state index in [1.165, 1.54) is 33.9 Å². The number of carbonyl (C=O) groups excluding carboxylic acids is 2. The molecule has 0 aliphatic carbocycles. The lowest BCUT2D eigenvalue weighted by atomic mass is 9.93. The quantitative estimate of drug-likeness (QED) is 0.492. The Morgan fingerprint density at radius 1 is 0.974 bits per heavy atom. The zero-order valence-corrected chi connectivity index (χ0v) is 21.4. The number of aromatic nitrogens is 1. The molecule has 0 fully saturated rings. The molecule has 38 heavy (non-hydrogen) atoms. The SMILES string of the molecule is CN(C(=O)N1Cc2ccc(F)cc2C1)C1CN(C(=O)OC(C)(C)C)Cc2[nH]c(=O)c3cc(F)c(F)cc3c21. The third kappa shape index (κ3) is 4.57. The van der Waals surface area contributed by atoms with Crippen molar-refractivity contribution >= 4 is 22.9 Å². The number of rotatable bonds is 1. The average molecular weight is 529 g/mol. The molecule has 5 rings (SSSR count). The third-order valence-electron chi connectivity index (χ3n) is 6.84. The number of aromatic amines is 1. The normalized spacial score (nSPS) is 16.9. The maximum atomic E-state index is 14.4. The number of carbonyl (C=O) groups is 2. The molecule has 3 heterocycles. The van der Waals surface area contributed by atoms with E-state index in [2.05, 4.69) is 4.98 Å². The van der Waals surface area contributed by atoms with Crippen molar-refractivity contribution in [1.29, 1.82) is 0 Å². The lowest BCUT2D eigenvalue weighted by molar-refractivity contribution is 0.0153. The van der Waals surface area contributed by atoms with Crippen LogP contribution in [0.5, 0.6) is 0 Å². The van der Waals surface area contributed by atoms with Gasteiger partial charge in [-0.15, -0.1) is 0 Å². The molecular weight excluding hydrogens is 501 g/mol. The number of pyridine rings is 1. The molecule has 0 bridgehead atoms. The number of halogens is 3. The van der Waals surface area contributed by atoms with E-state index < -0.39 is 46.8 Å². The van der Waals surface area contributed by atoms with Gasteiger partial charge in [0.05, 0.1) is 18.0 Å². The number of H-pyrrole nitrogens is 1. The summed E-state index contributed by atoms with van der Waals surface area (Å²) in [5.41, 5.74) is 0.786. The average Bonchev–Trinajstić information content (AvgIpc) is 3.25. The monoisotopic (exact) mass is 528 g/mol. The molecule has 0 radical (unpaired) electrons. The molecule has 8 nitrogen and oxygen atoms in total. The number of hydrogen-bond donors (Lipinski definition) is 1. The first-order chi connectivity index (χ1) is 17.8. The second-order valence-electron chi connectivity index (χ2n) is 10.7. The molecule has 2 aliphatic heterocycles. The number of nitrogens with zero attached hydrogens (tertiary/aromatic N) is 3. The van der Waals surface area contributed by atoms with E-state index in [0.29, 0.717) is 16.8 Å². The molecule has 3 aromatic rings. The van der Waals surface area contributed by atoms with Crippen LogP contribution in [0.15, 0.2) is 35.1 Å². The minimum Gasteiger partial charge on any atom is -0.444 e. The highest BCUT2D eigenvalue weighted by Gasteiger charge is 2.38. The fourth-order valence-corrected chi connectivity index (χ4v) is 5.09. The molecule has 2 aliphatic rings. The highest BCUT2D eigenvalue weighted by atomic mass is 19.2. The number of amides is 3. The van der Waals surface area contributed by atoms with E-state index in [0.717, 1.165) is 17.7 Å². The molecule has 1 unspecified atom stereocenters. The summed E-state index contributed by atoms with van der Waals surface area (Å²) < 4.78 is 47.7. The van der Waals surface area contributed by atoms with Crippen LogP contribution in [0.3, 0.4) is 0 Å². The zero-order valence-electron chi connectivity index (χ0n) is 21.4. The first-order valence-corrected chi connectivity index (χ1v) is 12.1. The Labute approximate surface area is 216 Å². The minimum atomic E-state index is -1.17. The Bertz CT molecular complexity index is 1530. The Hall–Kier alpha value is -4.02. The number of likely N-dealkylation sites (N-methyl/N-ethyl adjacent to an activating group) is 1. The summed E-state index contributed by atoms with van der Waals surface area (Å²) >= 11 is 0. The Kier molecular flexibility index (Phi) is 6.12. The van der Waals surface area contributed by atoms with Gasteiger partial charge < -0.3 is 19.5 Å². The maximum absolute atomic E-state index is 14.4. The summed E-state index contributed by atoms with van der Waals surface area (Å²) in [4.78, 5) is 46.4. The molecule has 0 spiro atoms. The number of ether oxygens (including phenoxy) is 1. The smallest absolute Gasteiger partial charge is 0.410 e. The van der Waals surface area contributed by atoms with Crippen LogP contribution >= 0.6 is 0 Å².